The Hall–Kier alpha value is -1.52. The van der Waals surface area contributed by atoms with Gasteiger partial charge in [-0.2, -0.15) is 5.10 Å². The summed E-state index contributed by atoms with van der Waals surface area (Å²) in [7, 11) is 0. The molecule has 0 saturated carbocycles. The molecule has 1 N–H and O–H groups in total. The average Bonchev–Trinajstić information content (AvgIpc) is 2.90. The Balaban J connectivity index is 1.59. The van der Waals surface area contributed by atoms with Crippen molar-refractivity contribution in [2.24, 2.45) is 0 Å². The molecule has 0 atom stereocenters. The highest BCUT2D eigenvalue weighted by Crippen LogP contribution is 2.21. The summed E-state index contributed by atoms with van der Waals surface area (Å²) in [6, 6.07) is 4.83. The summed E-state index contributed by atoms with van der Waals surface area (Å²) in [5.41, 5.74) is 3.13. The van der Waals surface area contributed by atoms with Crippen LogP contribution >= 0.6 is 23.2 Å². The standard InChI is InChI=1S/C16H17Cl2N3O/c17-13-7-12(8-14(18)9-13)16(22)19-5-6-21-15-4-2-1-3-11(15)10-20-21/h7-10H,1-6H2,(H,19,22). The molecule has 1 aromatic heterocycles. The molecule has 1 aliphatic rings. The van der Waals surface area contributed by atoms with Gasteiger partial charge >= 0.3 is 0 Å². The van der Waals surface area contributed by atoms with Crippen LogP contribution in [0.4, 0.5) is 0 Å². The van der Waals surface area contributed by atoms with Crippen molar-refractivity contribution >= 4 is 29.1 Å². The van der Waals surface area contributed by atoms with Gasteiger partial charge in [-0.05, 0) is 49.4 Å². The van der Waals surface area contributed by atoms with Crippen LogP contribution in [-0.4, -0.2) is 22.2 Å². The van der Waals surface area contributed by atoms with Crippen molar-refractivity contribution in [3.05, 3.63) is 51.3 Å². The van der Waals surface area contributed by atoms with Gasteiger partial charge in [0.15, 0.2) is 0 Å². The molecular weight excluding hydrogens is 321 g/mol. The van der Waals surface area contributed by atoms with E-state index in [-0.39, 0.29) is 5.91 Å². The first-order valence-corrected chi connectivity index (χ1v) is 8.17. The number of fused-ring (bicyclic) bond motifs is 1. The van der Waals surface area contributed by atoms with E-state index >= 15 is 0 Å². The van der Waals surface area contributed by atoms with Crippen LogP contribution in [0.3, 0.4) is 0 Å². The zero-order chi connectivity index (χ0) is 15.5. The molecule has 0 unspecified atom stereocenters. The maximum absolute atomic E-state index is 12.1. The van der Waals surface area contributed by atoms with Crippen LogP contribution in [0, 0.1) is 0 Å². The van der Waals surface area contributed by atoms with Crippen LogP contribution in [0.2, 0.25) is 10.0 Å². The number of nitrogens with zero attached hydrogens (tertiary/aromatic N) is 2. The lowest BCUT2D eigenvalue weighted by Gasteiger charge is -2.14. The Morgan fingerprint density at radius 3 is 2.68 bits per heavy atom. The summed E-state index contributed by atoms with van der Waals surface area (Å²) in [6.45, 7) is 1.20. The quantitative estimate of drug-likeness (QED) is 0.928. The number of aromatic nitrogens is 2. The lowest BCUT2D eigenvalue weighted by atomic mass is 9.98. The normalized spacial score (nSPS) is 13.7. The molecule has 4 nitrogen and oxygen atoms in total. The molecule has 0 bridgehead atoms. The lowest BCUT2D eigenvalue weighted by molar-refractivity contribution is 0.0952. The number of aryl methyl sites for hydroxylation is 1. The number of rotatable bonds is 4. The molecule has 0 aliphatic heterocycles. The van der Waals surface area contributed by atoms with Gasteiger partial charge in [0.25, 0.3) is 5.91 Å². The predicted octanol–water partition coefficient (Wildman–Crippen LogP) is 3.50. The highest BCUT2D eigenvalue weighted by molar-refractivity contribution is 6.35. The predicted molar refractivity (Wildman–Crippen MR) is 87.7 cm³/mol. The van der Waals surface area contributed by atoms with Crippen LogP contribution in [0.15, 0.2) is 24.4 Å². The van der Waals surface area contributed by atoms with E-state index in [4.69, 9.17) is 23.2 Å². The molecule has 0 saturated heterocycles. The smallest absolute Gasteiger partial charge is 0.251 e. The first kappa shape index (κ1) is 15.4. The molecule has 116 valence electrons. The SMILES string of the molecule is O=C(NCCn1ncc2c1CCCC2)c1cc(Cl)cc(Cl)c1. The Morgan fingerprint density at radius 1 is 1.18 bits per heavy atom. The van der Waals surface area contributed by atoms with E-state index in [1.165, 1.54) is 24.1 Å². The van der Waals surface area contributed by atoms with Gasteiger partial charge in [0, 0.05) is 27.8 Å². The van der Waals surface area contributed by atoms with Crippen molar-refractivity contribution in [3.8, 4) is 0 Å². The summed E-state index contributed by atoms with van der Waals surface area (Å²) in [6.07, 6.45) is 6.60. The third kappa shape index (κ3) is 3.45. The molecule has 22 heavy (non-hydrogen) atoms. The van der Waals surface area contributed by atoms with Gasteiger partial charge in [-0.3, -0.25) is 9.48 Å². The fourth-order valence-corrected chi connectivity index (χ4v) is 3.34. The number of hydrogen-bond donors (Lipinski definition) is 1. The first-order chi connectivity index (χ1) is 10.6. The van der Waals surface area contributed by atoms with Gasteiger partial charge in [0.1, 0.15) is 0 Å². The molecular formula is C16H17Cl2N3O. The molecule has 2 aromatic rings. The Morgan fingerprint density at radius 2 is 1.91 bits per heavy atom. The van der Waals surface area contributed by atoms with E-state index in [1.807, 2.05) is 10.9 Å². The molecule has 3 rings (SSSR count). The Kier molecular flexibility index (Phi) is 4.69. The van der Waals surface area contributed by atoms with Crippen molar-refractivity contribution in [3.63, 3.8) is 0 Å². The zero-order valence-corrected chi connectivity index (χ0v) is 13.6. The monoisotopic (exact) mass is 337 g/mol. The van der Waals surface area contributed by atoms with Gasteiger partial charge in [0.05, 0.1) is 12.7 Å². The van der Waals surface area contributed by atoms with Gasteiger partial charge < -0.3 is 5.32 Å². The van der Waals surface area contributed by atoms with Crippen LogP contribution in [-0.2, 0) is 19.4 Å². The average molecular weight is 338 g/mol. The van der Waals surface area contributed by atoms with E-state index in [2.05, 4.69) is 10.4 Å². The number of carbonyl (C=O) groups is 1. The lowest BCUT2D eigenvalue weighted by Crippen LogP contribution is -2.28. The number of halogens is 2. The van der Waals surface area contributed by atoms with Crippen LogP contribution < -0.4 is 5.32 Å². The summed E-state index contributed by atoms with van der Waals surface area (Å²) < 4.78 is 2.00. The van der Waals surface area contributed by atoms with Crippen molar-refractivity contribution in [2.45, 2.75) is 32.2 Å². The summed E-state index contributed by atoms with van der Waals surface area (Å²) in [5, 5.41) is 8.21. The highest BCUT2D eigenvalue weighted by Gasteiger charge is 2.15. The molecule has 1 amide bonds. The second kappa shape index (κ2) is 6.71. The van der Waals surface area contributed by atoms with Crippen LogP contribution in [0.5, 0.6) is 0 Å². The molecule has 0 spiro atoms. The summed E-state index contributed by atoms with van der Waals surface area (Å²) >= 11 is 11.8. The number of carbonyl (C=O) groups excluding carboxylic acids is 1. The Bertz CT molecular complexity index is 676. The first-order valence-electron chi connectivity index (χ1n) is 7.41. The highest BCUT2D eigenvalue weighted by atomic mass is 35.5. The number of nitrogens with one attached hydrogen (secondary N) is 1. The third-order valence-corrected chi connectivity index (χ3v) is 4.32. The largest absolute Gasteiger partial charge is 0.350 e. The molecule has 0 radical (unpaired) electrons. The summed E-state index contributed by atoms with van der Waals surface area (Å²) in [5.74, 6) is -0.176. The number of amides is 1. The minimum Gasteiger partial charge on any atom is -0.350 e. The molecule has 1 aromatic carbocycles. The topological polar surface area (TPSA) is 46.9 Å². The van der Waals surface area contributed by atoms with E-state index < -0.39 is 0 Å². The van der Waals surface area contributed by atoms with Gasteiger partial charge in [-0.15, -0.1) is 0 Å². The van der Waals surface area contributed by atoms with Crippen molar-refractivity contribution < 1.29 is 4.79 Å². The van der Waals surface area contributed by atoms with Crippen molar-refractivity contribution in [1.29, 1.82) is 0 Å². The second-order valence-electron chi connectivity index (χ2n) is 5.46. The summed E-state index contributed by atoms with van der Waals surface area (Å²) in [4.78, 5) is 12.1. The third-order valence-electron chi connectivity index (χ3n) is 3.88. The van der Waals surface area contributed by atoms with E-state index in [0.717, 1.165) is 12.8 Å². The molecule has 1 heterocycles. The molecule has 1 aliphatic carbocycles. The minimum atomic E-state index is -0.176. The maximum Gasteiger partial charge on any atom is 0.251 e. The van der Waals surface area contributed by atoms with E-state index in [1.54, 1.807) is 18.2 Å². The van der Waals surface area contributed by atoms with Gasteiger partial charge in [-0.25, -0.2) is 0 Å². The second-order valence-corrected chi connectivity index (χ2v) is 6.33. The number of benzene rings is 1. The fraction of sp³-hybridized carbons (Fsp3) is 0.375. The molecule has 6 heteroatoms. The van der Waals surface area contributed by atoms with E-state index in [0.29, 0.717) is 28.7 Å². The zero-order valence-electron chi connectivity index (χ0n) is 12.1. The minimum absolute atomic E-state index is 0.176. The van der Waals surface area contributed by atoms with Gasteiger partial charge in [-0.1, -0.05) is 23.2 Å². The van der Waals surface area contributed by atoms with Crippen LogP contribution in [0.1, 0.15) is 34.5 Å². The van der Waals surface area contributed by atoms with Gasteiger partial charge in [0.2, 0.25) is 0 Å². The maximum atomic E-state index is 12.1. The Labute approximate surface area is 139 Å². The number of hydrogen-bond acceptors (Lipinski definition) is 2. The van der Waals surface area contributed by atoms with Crippen LogP contribution in [0.25, 0.3) is 0 Å². The van der Waals surface area contributed by atoms with E-state index in [9.17, 15) is 4.79 Å². The van der Waals surface area contributed by atoms with Crippen molar-refractivity contribution in [1.82, 2.24) is 15.1 Å². The van der Waals surface area contributed by atoms with Crippen molar-refractivity contribution in [2.75, 3.05) is 6.54 Å². The fourth-order valence-electron chi connectivity index (χ4n) is 2.81. The molecule has 0 fully saturated rings.